The van der Waals surface area contributed by atoms with Crippen molar-refractivity contribution in [1.82, 2.24) is 4.90 Å². The molecule has 104 valence electrons. The number of hydrogen-bond acceptors (Lipinski definition) is 2. The number of aliphatic carboxylic acids is 1. The van der Waals surface area contributed by atoms with Crippen molar-refractivity contribution in [3.63, 3.8) is 0 Å². The number of hydrogen-bond donors (Lipinski definition) is 1. The molecule has 4 heteroatoms. The molecule has 0 unspecified atom stereocenters. The van der Waals surface area contributed by atoms with Crippen molar-refractivity contribution in [1.29, 1.82) is 0 Å². The molecule has 0 aliphatic carbocycles. The highest BCUT2D eigenvalue weighted by molar-refractivity contribution is 9.10. The number of carboxylic acids is 1. The molecule has 0 saturated heterocycles. The zero-order valence-electron chi connectivity index (χ0n) is 11.3. The Morgan fingerprint density at radius 3 is 2.95 bits per heavy atom. The first-order valence-electron chi connectivity index (χ1n) is 6.78. The lowest BCUT2D eigenvalue weighted by Crippen LogP contribution is -2.31. The Morgan fingerprint density at radius 2 is 2.21 bits per heavy atom. The summed E-state index contributed by atoms with van der Waals surface area (Å²) in [4.78, 5) is 12.9. The number of carboxylic acid groups (broad SMARTS) is 1. The van der Waals surface area contributed by atoms with E-state index >= 15 is 0 Å². The van der Waals surface area contributed by atoms with Crippen molar-refractivity contribution in [3.05, 3.63) is 33.3 Å². The Morgan fingerprint density at radius 1 is 1.42 bits per heavy atom. The van der Waals surface area contributed by atoms with Crippen LogP contribution in [-0.2, 0) is 17.8 Å². The minimum Gasteiger partial charge on any atom is -0.481 e. The van der Waals surface area contributed by atoms with Gasteiger partial charge in [0.25, 0.3) is 0 Å². The highest BCUT2D eigenvalue weighted by Crippen LogP contribution is 2.28. The van der Waals surface area contributed by atoms with Crippen molar-refractivity contribution in [3.8, 4) is 0 Å². The predicted octanol–water partition coefficient (Wildman–Crippen LogP) is 3.37. The average molecular weight is 326 g/mol. The van der Waals surface area contributed by atoms with Gasteiger partial charge in [-0.15, -0.1) is 0 Å². The number of unbranched alkanes of at least 4 members (excludes halogenated alkanes) is 1. The largest absolute Gasteiger partial charge is 0.481 e. The maximum Gasteiger partial charge on any atom is 0.303 e. The second-order valence-electron chi connectivity index (χ2n) is 5.26. The molecule has 0 spiro atoms. The van der Waals surface area contributed by atoms with Gasteiger partial charge in [-0.1, -0.05) is 22.0 Å². The first kappa shape index (κ1) is 14.5. The fourth-order valence-electron chi connectivity index (χ4n) is 2.66. The van der Waals surface area contributed by atoms with Crippen LogP contribution in [0.15, 0.2) is 16.6 Å². The van der Waals surface area contributed by atoms with Gasteiger partial charge < -0.3 is 5.11 Å². The van der Waals surface area contributed by atoms with Crippen LogP contribution < -0.4 is 0 Å². The standard InChI is InChI=1S/C15H20BrNO2/c1-11-8-12-10-17(6-3-2-4-15(18)19)7-5-13(12)14(16)9-11/h8-9H,2-7,10H2,1H3,(H,18,19). The molecule has 1 aromatic carbocycles. The van der Waals surface area contributed by atoms with Gasteiger partial charge in [-0.05, 0) is 55.5 Å². The molecule has 3 nitrogen and oxygen atoms in total. The fourth-order valence-corrected chi connectivity index (χ4v) is 3.47. The van der Waals surface area contributed by atoms with Crippen LogP contribution in [0, 0.1) is 6.92 Å². The van der Waals surface area contributed by atoms with Gasteiger partial charge in [0.2, 0.25) is 0 Å². The van der Waals surface area contributed by atoms with Gasteiger partial charge >= 0.3 is 5.97 Å². The number of carbonyl (C=O) groups is 1. The van der Waals surface area contributed by atoms with Crippen LogP contribution in [0.2, 0.25) is 0 Å². The van der Waals surface area contributed by atoms with Gasteiger partial charge in [-0.3, -0.25) is 9.69 Å². The lowest BCUT2D eigenvalue weighted by atomic mass is 9.97. The lowest BCUT2D eigenvalue weighted by Gasteiger charge is -2.29. The van der Waals surface area contributed by atoms with Crippen molar-refractivity contribution in [2.45, 2.75) is 39.2 Å². The predicted molar refractivity (Wildman–Crippen MR) is 79.3 cm³/mol. The molecule has 1 aliphatic rings. The molecule has 0 bridgehead atoms. The summed E-state index contributed by atoms with van der Waals surface area (Å²) in [5, 5.41) is 8.62. The number of aryl methyl sites for hydroxylation is 1. The third-order valence-corrected chi connectivity index (χ3v) is 4.33. The summed E-state index contributed by atoms with van der Waals surface area (Å²) in [6, 6.07) is 4.45. The zero-order valence-corrected chi connectivity index (χ0v) is 12.9. The van der Waals surface area contributed by atoms with E-state index in [-0.39, 0.29) is 6.42 Å². The highest BCUT2D eigenvalue weighted by Gasteiger charge is 2.18. The third-order valence-electron chi connectivity index (χ3n) is 3.62. The van der Waals surface area contributed by atoms with Gasteiger partial charge in [0, 0.05) is 24.0 Å². The van der Waals surface area contributed by atoms with E-state index in [1.165, 1.54) is 21.2 Å². The van der Waals surface area contributed by atoms with Gasteiger partial charge in [-0.2, -0.15) is 0 Å². The second-order valence-corrected chi connectivity index (χ2v) is 6.12. The number of halogens is 1. The molecular formula is C15H20BrNO2. The summed E-state index contributed by atoms with van der Waals surface area (Å²) in [5.41, 5.74) is 4.14. The van der Waals surface area contributed by atoms with Crippen LogP contribution in [0.4, 0.5) is 0 Å². The molecule has 1 aromatic rings. The number of nitrogens with zero attached hydrogens (tertiary/aromatic N) is 1. The maximum atomic E-state index is 10.5. The van der Waals surface area contributed by atoms with Crippen molar-refractivity contribution < 1.29 is 9.90 Å². The summed E-state index contributed by atoms with van der Waals surface area (Å²) < 4.78 is 1.23. The molecule has 1 N–H and O–H groups in total. The van der Waals surface area contributed by atoms with Gasteiger partial charge in [0.1, 0.15) is 0 Å². The van der Waals surface area contributed by atoms with E-state index in [1.54, 1.807) is 0 Å². The van der Waals surface area contributed by atoms with Crippen LogP contribution in [0.1, 0.15) is 36.0 Å². The smallest absolute Gasteiger partial charge is 0.303 e. The quantitative estimate of drug-likeness (QED) is 0.844. The molecule has 19 heavy (non-hydrogen) atoms. The molecule has 0 radical (unpaired) electrons. The summed E-state index contributed by atoms with van der Waals surface area (Å²) >= 11 is 3.65. The second kappa shape index (κ2) is 6.53. The van der Waals surface area contributed by atoms with Crippen molar-refractivity contribution in [2.24, 2.45) is 0 Å². The number of benzene rings is 1. The van der Waals surface area contributed by atoms with Crippen LogP contribution in [-0.4, -0.2) is 29.1 Å². The van der Waals surface area contributed by atoms with E-state index < -0.39 is 5.97 Å². The van der Waals surface area contributed by atoms with Crippen molar-refractivity contribution in [2.75, 3.05) is 13.1 Å². The van der Waals surface area contributed by atoms with Gasteiger partial charge in [-0.25, -0.2) is 0 Å². The maximum absolute atomic E-state index is 10.5. The Labute approximate surface area is 122 Å². The minimum absolute atomic E-state index is 0.287. The summed E-state index contributed by atoms with van der Waals surface area (Å²) in [5.74, 6) is -0.691. The summed E-state index contributed by atoms with van der Waals surface area (Å²) in [7, 11) is 0. The van der Waals surface area contributed by atoms with Crippen LogP contribution in [0.5, 0.6) is 0 Å². The summed E-state index contributed by atoms with van der Waals surface area (Å²) in [6.07, 6.45) is 3.11. The Kier molecular flexibility index (Phi) is 4.99. The molecule has 1 aliphatic heterocycles. The van der Waals surface area contributed by atoms with Gasteiger partial charge in [0.15, 0.2) is 0 Å². The molecule has 1 heterocycles. The van der Waals surface area contributed by atoms with Gasteiger partial charge in [0.05, 0.1) is 0 Å². The molecule has 0 aromatic heterocycles. The van der Waals surface area contributed by atoms with E-state index in [0.29, 0.717) is 0 Å². The Bertz CT molecular complexity index is 473. The first-order valence-corrected chi connectivity index (χ1v) is 7.57. The first-order chi connectivity index (χ1) is 9.06. The SMILES string of the molecule is Cc1cc(Br)c2c(c1)CN(CCCCC(=O)O)CC2. The molecule has 0 fully saturated rings. The molecular weight excluding hydrogens is 306 g/mol. The topological polar surface area (TPSA) is 40.5 Å². The van der Waals surface area contributed by atoms with Crippen LogP contribution >= 0.6 is 15.9 Å². The van der Waals surface area contributed by atoms with E-state index in [1.807, 2.05) is 0 Å². The van der Waals surface area contributed by atoms with Crippen LogP contribution in [0.3, 0.4) is 0 Å². The number of fused-ring (bicyclic) bond motifs is 1. The van der Waals surface area contributed by atoms with Crippen LogP contribution in [0.25, 0.3) is 0 Å². The van der Waals surface area contributed by atoms with E-state index in [0.717, 1.165) is 38.9 Å². The fraction of sp³-hybridized carbons (Fsp3) is 0.533. The normalized spacial score (nSPS) is 15.3. The summed E-state index contributed by atoms with van der Waals surface area (Å²) in [6.45, 7) is 5.18. The van der Waals surface area contributed by atoms with E-state index in [2.05, 4.69) is 39.9 Å². The molecule has 2 rings (SSSR count). The Balaban J connectivity index is 1.89. The highest BCUT2D eigenvalue weighted by atomic mass is 79.9. The monoisotopic (exact) mass is 325 g/mol. The molecule has 0 saturated carbocycles. The lowest BCUT2D eigenvalue weighted by molar-refractivity contribution is -0.137. The minimum atomic E-state index is -0.691. The third kappa shape index (κ3) is 4.05. The van der Waals surface area contributed by atoms with E-state index in [9.17, 15) is 4.79 Å². The number of rotatable bonds is 5. The molecule has 0 atom stereocenters. The van der Waals surface area contributed by atoms with Crippen molar-refractivity contribution >= 4 is 21.9 Å². The Hall–Kier alpha value is -0.870. The average Bonchev–Trinajstić information content (AvgIpc) is 2.33. The zero-order chi connectivity index (χ0) is 13.8. The molecule has 0 amide bonds. The van der Waals surface area contributed by atoms with E-state index in [4.69, 9.17) is 5.11 Å².